The predicted molar refractivity (Wildman–Crippen MR) is 82.8 cm³/mol. The van der Waals surface area contributed by atoms with Gasteiger partial charge in [0.2, 0.25) is 5.91 Å². The van der Waals surface area contributed by atoms with E-state index in [1.165, 1.54) is 6.92 Å². The average molecular weight is 294 g/mol. The van der Waals surface area contributed by atoms with Gasteiger partial charge in [-0.3, -0.25) is 9.59 Å². The van der Waals surface area contributed by atoms with Gasteiger partial charge in [0.1, 0.15) is 5.69 Å². The number of nitrogens with zero attached hydrogens (tertiary/aromatic N) is 1. The summed E-state index contributed by atoms with van der Waals surface area (Å²) in [5.74, 6) is -0.337. The number of hydrogen-bond donors (Lipinski definition) is 1. The molecule has 1 aromatic heterocycles. The van der Waals surface area contributed by atoms with Crippen LogP contribution in [-0.4, -0.2) is 16.8 Å². The van der Waals surface area contributed by atoms with Gasteiger partial charge in [-0.1, -0.05) is 29.4 Å². The van der Waals surface area contributed by atoms with E-state index in [2.05, 4.69) is 10.5 Å². The number of carbonyl (C=O) groups is 2. The number of amides is 1. The third-order valence-corrected chi connectivity index (χ3v) is 3.36. The fraction of sp³-hybridized carbons (Fsp3) is 0.118. The van der Waals surface area contributed by atoms with Crippen LogP contribution in [0.5, 0.6) is 0 Å². The number of carbonyl (C=O) groups excluding carboxylic acids is 2. The summed E-state index contributed by atoms with van der Waals surface area (Å²) in [5, 5.41) is 7.50. The van der Waals surface area contributed by atoms with Crippen LogP contribution in [0.15, 0.2) is 53.1 Å². The Morgan fingerprint density at radius 3 is 2.64 bits per heavy atom. The monoisotopic (exact) mass is 294 g/mol. The minimum Gasteiger partial charge on any atom is -0.356 e. The van der Waals surface area contributed by atoms with Crippen molar-refractivity contribution < 1.29 is 14.1 Å². The van der Waals surface area contributed by atoms with Crippen LogP contribution >= 0.6 is 0 Å². The highest BCUT2D eigenvalue weighted by Gasteiger charge is 2.14. The summed E-state index contributed by atoms with van der Waals surface area (Å²) >= 11 is 0. The number of aromatic nitrogens is 1. The van der Waals surface area contributed by atoms with E-state index in [1.54, 1.807) is 30.3 Å². The summed E-state index contributed by atoms with van der Waals surface area (Å²) < 4.78 is 5.18. The Kier molecular flexibility index (Phi) is 3.70. The van der Waals surface area contributed by atoms with Gasteiger partial charge in [-0.2, -0.15) is 0 Å². The van der Waals surface area contributed by atoms with Gasteiger partial charge in [0, 0.05) is 10.9 Å². The third kappa shape index (κ3) is 2.74. The summed E-state index contributed by atoms with van der Waals surface area (Å²) in [6, 6.07) is 14.3. The van der Waals surface area contributed by atoms with Crippen LogP contribution in [0, 0.1) is 0 Å². The Morgan fingerprint density at radius 1 is 1.09 bits per heavy atom. The molecule has 0 saturated carbocycles. The molecule has 3 aromatic rings. The molecule has 0 radical (unpaired) electrons. The van der Waals surface area contributed by atoms with Crippen molar-refractivity contribution in [1.82, 2.24) is 5.16 Å². The molecular weight excluding hydrogens is 280 g/mol. The second-order valence-corrected chi connectivity index (χ2v) is 4.95. The molecule has 5 nitrogen and oxygen atoms in total. The molecule has 0 aliphatic rings. The largest absolute Gasteiger partial charge is 0.356 e. The molecular formula is C17H14N2O3. The molecule has 1 amide bonds. The highest BCUT2D eigenvalue weighted by atomic mass is 16.5. The highest BCUT2D eigenvalue weighted by Crippen LogP contribution is 2.20. The smallest absolute Gasteiger partial charge is 0.230 e. The maximum atomic E-state index is 12.2. The van der Waals surface area contributed by atoms with E-state index < -0.39 is 0 Å². The number of rotatable bonds is 4. The van der Waals surface area contributed by atoms with E-state index in [0.717, 1.165) is 5.39 Å². The second kappa shape index (κ2) is 5.81. The lowest BCUT2D eigenvalue weighted by Gasteiger charge is -2.08. The first-order chi connectivity index (χ1) is 10.6. The molecule has 1 N–H and O–H groups in total. The van der Waals surface area contributed by atoms with Crippen molar-refractivity contribution in [2.45, 2.75) is 13.3 Å². The van der Waals surface area contributed by atoms with Crippen LogP contribution in [0.3, 0.4) is 0 Å². The molecule has 0 atom stereocenters. The minimum absolute atomic E-state index is 0.0866. The van der Waals surface area contributed by atoms with E-state index >= 15 is 0 Å². The SMILES string of the molecule is CC(=O)c1ccccc1NC(=O)Cc1noc2ccccc12. The Labute approximate surface area is 126 Å². The normalized spacial score (nSPS) is 10.6. The van der Waals surface area contributed by atoms with Crippen molar-refractivity contribution >= 4 is 28.3 Å². The molecule has 0 bridgehead atoms. The molecule has 0 aliphatic heterocycles. The van der Waals surface area contributed by atoms with Crippen molar-refractivity contribution in [1.29, 1.82) is 0 Å². The fourth-order valence-electron chi connectivity index (χ4n) is 2.31. The van der Waals surface area contributed by atoms with E-state index in [0.29, 0.717) is 22.5 Å². The summed E-state index contributed by atoms with van der Waals surface area (Å²) in [6.45, 7) is 1.47. The number of nitrogens with one attached hydrogen (secondary N) is 1. The number of fused-ring (bicyclic) bond motifs is 1. The lowest BCUT2D eigenvalue weighted by Crippen LogP contribution is -2.16. The average Bonchev–Trinajstić information content (AvgIpc) is 2.91. The Bertz CT molecular complexity index is 852. The minimum atomic E-state index is -0.243. The van der Waals surface area contributed by atoms with E-state index in [4.69, 9.17) is 4.52 Å². The van der Waals surface area contributed by atoms with Gasteiger partial charge in [0.05, 0.1) is 12.1 Å². The van der Waals surface area contributed by atoms with Gasteiger partial charge >= 0.3 is 0 Å². The maximum Gasteiger partial charge on any atom is 0.230 e. The van der Waals surface area contributed by atoms with Crippen LogP contribution in [0.25, 0.3) is 11.0 Å². The lowest BCUT2D eigenvalue weighted by molar-refractivity contribution is -0.115. The summed E-state index contributed by atoms with van der Waals surface area (Å²) in [6.07, 6.45) is 0.0866. The number of Topliss-reactive ketones (excluding diaryl/α,β-unsaturated/α-hetero) is 1. The molecule has 2 aromatic carbocycles. The van der Waals surface area contributed by atoms with Crippen molar-refractivity contribution in [2.75, 3.05) is 5.32 Å². The van der Waals surface area contributed by atoms with Crippen LogP contribution in [0.4, 0.5) is 5.69 Å². The molecule has 1 heterocycles. The van der Waals surface area contributed by atoms with Gasteiger partial charge in [-0.15, -0.1) is 0 Å². The molecule has 0 aliphatic carbocycles. The zero-order chi connectivity index (χ0) is 15.5. The van der Waals surface area contributed by atoms with Crippen molar-refractivity contribution in [3.63, 3.8) is 0 Å². The first kappa shape index (κ1) is 14.0. The molecule has 22 heavy (non-hydrogen) atoms. The molecule has 0 saturated heterocycles. The standard InChI is InChI=1S/C17H14N2O3/c1-11(20)12-6-2-4-8-14(12)18-17(21)10-15-13-7-3-5-9-16(13)22-19-15/h2-9H,10H2,1H3,(H,18,21). The number of benzene rings is 2. The zero-order valence-corrected chi connectivity index (χ0v) is 12.0. The zero-order valence-electron chi connectivity index (χ0n) is 12.0. The van der Waals surface area contributed by atoms with Crippen LogP contribution in [0.1, 0.15) is 23.0 Å². The molecule has 0 unspecified atom stereocenters. The topological polar surface area (TPSA) is 72.2 Å². The van der Waals surface area contributed by atoms with E-state index in [9.17, 15) is 9.59 Å². The van der Waals surface area contributed by atoms with Crippen molar-refractivity contribution in [3.8, 4) is 0 Å². The third-order valence-electron chi connectivity index (χ3n) is 3.36. The molecule has 3 rings (SSSR count). The van der Waals surface area contributed by atoms with Crippen LogP contribution in [-0.2, 0) is 11.2 Å². The number of ketones is 1. The molecule has 110 valence electrons. The van der Waals surface area contributed by atoms with E-state index in [1.807, 2.05) is 18.2 Å². The summed E-state index contributed by atoms with van der Waals surface area (Å²) in [7, 11) is 0. The Balaban J connectivity index is 1.80. The quantitative estimate of drug-likeness (QED) is 0.750. The number of hydrogen-bond acceptors (Lipinski definition) is 4. The number of anilines is 1. The van der Waals surface area contributed by atoms with Crippen LogP contribution < -0.4 is 5.32 Å². The fourth-order valence-corrected chi connectivity index (χ4v) is 2.31. The summed E-state index contributed by atoms with van der Waals surface area (Å²) in [5.41, 5.74) is 2.22. The van der Waals surface area contributed by atoms with Crippen molar-refractivity contribution in [3.05, 3.63) is 59.8 Å². The molecule has 5 heteroatoms. The van der Waals surface area contributed by atoms with Crippen molar-refractivity contribution in [2.24, 2.45) is 0 Å². The lowest BCUT2D eigenvalue weighted by atomic mass is 10.1. The molecule has 0 fully saturated rings. The van der Waals surface area contributed by atoms with Gasteiger partial charge in [-0.05, 0) is 31.2 Å². The van der Waals surface area contributed by atoms with Gasteiger partial charge in [0.25, 0.3) is 0 Å². The Morgan fingerprint density at radius 2 is 1.82 bits per heavy atom. The maximum absolute atomic E-state index is 12.2. The first-order valence-corrected chi connectivity index (χ1v) is 6.88. The summed E-state index contributed by atoms with van der Waals surface area (Å²) in [4.78, 5) is 23.8. The van der Waals surface area contributed by atoms with Gasteiger partial charge < -0.3 is 9.84 Å². The highest BCUT2D eigenvalue weighted by molar-refractivity contribution is 6.04. The van der Waals surface area contributed by atoms with Gasteiger partial charge in [-0.25, -0.2) is 0 Å². The second-order valence-electron chi connectivity index (χ2n) is 4.95. The van der Waals surface area contributed by atoms with Crippen LogP contribution in [0.2, 0.25) is 0 Å². The van der Waals surface area contributed by atoms with Gasteiger partial charge in [0.15, 0.2) is 11.4 Å². The Hall–Kier alpha value is -2.95. The first-order valence-electron chi connectivity index (χ1n) is 6.88. The van der Waals surface area contributed by atoms with E-state index in [-0.39, 0.29) is 18.1 Å². The number of para-hydroxylation sites is 2. The molecule has 0 spiro atoms. The predicted octanol–water partition coefficient (Wildman–Crippen LogP) is 3.21.